The lowest BCUT2D eigenvalue weighted by Gasteiger charge is -2.21. The minimum absolute atomic E-state index is 0.131. The lowest BCUT2D eigenvalue weighted by molar-refractivity contribution is 0.276. The maximum Gasteiger partial charge on any atom is 0.124 e. The van der Waals surface area contributed by atoms with Gasteiger partial charge in [0.1, 0.15) is 5.82 Å². The highest BCUT2D eigenvalue weighted by atomic mass is 35.5. The van der Waals surface area contributed by atoms with Crippen LogP contribution in [0.4, 0.5) is 4.39 Å². The van der Waals surface area contributed by atoms with Gasteiger partial charge in [-0.15, -0.1) is 0 Å². The van der Waals surface area contributed by atoms with E-state index in [1.807, 2.05) is 13.2 Å². The first-order valence-corrected chi connectivity index (χ1v) is 7.06. The third kappa shape index (κ3) is 4.47. The SMILES string of the molecule is CSC(CO)C(C)NCc1ccc(F)cc1Cl. The normalized spacial score (nSPS) is 14.6. The number of nitrogens with one attached hydrogen (secondary N) is 1. The Balaban J connectivity index is 2.55. The molecule has 2 unspecified atom stereocenters. The third-order valence-corrected chi connectivity index (χ3v) is 4.18. The van der Waals surface area contributed by atoms with E-state index < -0.39 is 0 Å². The predicted octanol–water partition coefficient (Wildman–Crippen LogP) is 2.68. The van der Waals surface area contributed by atoms with E-state index in [1.165, 1.54) is 12.1 Å². The number of hydrogen-bond acceptors (Lipinski definition) is 3. The van der Waals surface area contributed by atoms with Crippen molar-refractivity contribution >= 4 is 23.4 Å². The predicted molar refractivity (Wildman–Crippen MR) is 72.1 cm³/mol. The summed E-state index contributed by atoms with van der Waals surface area (Å²) in [6.07, 6.45) is 1.96. The molecule has 0 radical (unpaired) electrons. The molecule has 0 aromatic heterocycles. The van der Waals surface area contributed by atoms with E-state index in [4.69, 9.17) is 16.7 Å². The van der Waals surface area contributed by atoms with Gasteiger partial charge in [0, 0.05) is 22.9 Å². The molecule has 96 valence electrons. The van der Waals surface area contributed by atoms with Gasteiger partial charge in [0.2, 0.25) is 0 Å². The van der Waals surface area contributed by atoms with Crippen LogP contribution in [0.15, 0.2) is 18.2 Å². The molecule has 2 nitrogen and oxygen atoms in total. The Morgan fingerprint density at radius 2 is 2.24 bits per heavy atom. The van der Waals surface area contributed by atoms with E-state index >= 15 is 0 Å². The van der Waals surface area contributed by atoms with Gasteiger partial charge >= 0.3 is 0 Å². The van der Waals surface area contributed by atoms with Gasteiger partial charge in [0.15, 0.2) is 0 Å². The zero-order chi connectivity index (χ0) is 12.8. The van der Waals surface area contributed by atoms with Gasteiger partial charge in [-0.25, -0.2) is 4.39 Å². The van der Waals surface area contributed by atoms with Gasteiger partial charge in [-0.05, 0) is 30.9 Å². The average molecular weight is 278 g/mol. The van der Waals surface area contributed by atoms with Crippen molar-refractivity contribution < 1.29 is 9.50 Å². The van der Waals surface area contributed by atoms with Crippen molar-refractivity contribution in [1.29, 1.82) is 0 Å². The second-order valence-corrected chi connectivity index (χ2v) is 5.35. The standard InChI is InChI=1S/C12H17ClFNOS/c1-8(12(7-16)17-2)15-6-9-3-4-10(14)5-11(9)13/h3-5,8,12,15-16H,6-7H2,1-2H3. The van der Waals surface area contributed by atoms with E-state index in [0.29, 0.717) is 11.6 Å². The summed E-state index contributed by atoms with van der Waals surface area (Å²) in [5, 5.41) is 13.0. The molecule has 0 fully saturated rings. The number of hydrogen-bond donors (Lipinski definition) is 2. The van der Waals surface area contributed by atoms with Crippen LogP contribution in [-0.2, 0) is 6.54 Å². The number of benzene rings is 1. The van der Waals surface area contributed by atoms with Crippen molar-refractivity contribution in [3.63, 3.8) is 0 Å². The minimum atomic E-state index is -0.329. The fourth-order valence-electron chi connectivity index (χ4n) is 1.50. The van der Waals surface area contributed by atoms with Gasteiger partial charge in [-0.2, -0.15) is 11.8 Å². The maximum atomic E-state index is 12.8. The van der Waals surface area contributed by atoms with Gasteiger partial charge < -0.3 is 10.4 Å². The topological polar surface area (TPSA) is 32.3 Å². The van der Waals surface area contributed by atoms with E-state index in [-0.39, 0.29) is 23.7 Å². The van der Waals surface area contributed by atoms with E-state index in [2.05, 4.69) is 5.32 Å². The molecule has 0 aliphatic carbocycles. The summed E-state index contributed by atoms with van der Waals surface area (Å²) in [4.78, 5) is 0. The molecule has 1 aromatic rings. The molecule has 17 heavy (non-hydrogen) atoms. The van der Waals surface area contributed by atoms with E-state index in [1.54, 1.807) is 17.8 Å². The molecule has 0 aliphatic rings. The van der Waals surface area contributed by atoms with Gasteiger partial charge in [-0.1, -0.05) is 17.7 Å². The molecule has 0 aliphatic heterocycles. The first kappa shape index (κ1) is 14.8. The molecule has 5 heteroatoms. The van der Waals surface area contributed by atoms with Crippen molar-refractivity contribution in [3.05, 3.63) is 34.6 Å². The smallest absolute Gasteiger partial charge is 0.124 e. The molecular weight excluding hydrogens is 261 g/mol. The molecule has 0 saturated heterocycles. The molecule has 2 atom stereocenters. The van der Waals surface area contributed by atoms with Crippen LogP contribution in [0, 0.1) is 5.82 Å². The van der Waals surface area contributed by atoms with Crippen LogP contribution in [-0.4, -0.2) is 29.3 Å². The first-order valence-electron chi connectivity index (χ1n) is 5.39. The Morgan fingerprint density at radius 1 is 1.53 bits per heavy atom. The van der Waals surface area contributed by atoms with Crippen LogP contribution >= 0.6 is 23.4 Å². The summed E-state index contributed by atoms with van der Waals surface area (Å²) >= 11 is 7.54. The molecule has 0 spiro atoms. The highest BCUT2D eigenvalue weighted by molar-refractivity contribution is 7.99. The van der Waals surface area contributed by atoms with Crippen LogP contribution in [0.1, 0.15) is 12.5 Å². The second kappa shape index (κ2) is 7.21. The lowest BCUT2D eigenvalue weighted by atomic mass is 10.2. The molecule has 1 rings (SSSR count). The summed E-state index contributed by atoms with van der Waals surface area (Å²) in [6, 6.07) is 4.54. The molecule has 2 N–H and O–H groups in total. The van der Waals surface area contributed by atoms with Crippen LogP contribution in [0.25, 0.3) is 0 Å². The monoisotopic (exact) mass is 277 g/mol. The number of thioether (sulfide) groups is 1. The Labute approximate surface area is 111 Å². The third-order valence-electron chi connectivity index (χ3n) is 2.67. The van der Waals surface area contributed by atoms with Crippen LogP contribution in [0.5, 0.6) is 0 Å². The summed E-state index contributed by atoms with van der Waals surface area (Å²) in [7, 11) is 0. The fourth-order valence-corrected chi connectivity index (χ4v) is 2.39. The van der Waals surface area contributed by atoms with Crippen molar-refractivity contribution in [3.8, 4) is 0 Å². The minimum Gasteiger partial charge on any atom is -0.395 e. The van der Waals surface area contributed by atoms with Crippen molar-refractivity contribution in [1.82, 2.24) is 5.32 Å². The summed E-state index contributed by atoms with van der Waals surface area (Å²) in [5.41, 5.74) is 0.859. The van der Waals surface area contributed by atoms with Crippen LogP contribution in [0.2, 0.25) is 5.02 Å². The summed E-state index contributed by atoms with van der Waals surface area (Å²) < 4.78 is 12.8. The molecule has 0 bridgehead atoms. The molecule has 0 saturated carbocycles. The molecule has 1 aromatic carbocycles. The van der Waals surface area contributed by atoms with Crippen molar-refractivity contribution in [2.24, 2.45) is 0 Å². The average Bonchev–Trinajstić information content (AvgIpc) is 2.29. The maximum absolute atomic E-state index is 12.8. The highest BCUT2D eigenvalue weighted by Gasteiger charge is 2.14. The summed E-state index contributed by atoms with van der Waals surface area (Å²) in [6.45, 7) is 2.71. The Kier molecular flexibility index (Phi) is 6.27. The first-order chi connectivity index (χ1) is 8.08. The van der Waals surface area contributed by atoms with Crippen molar-refractivity contribution in [2.45, 2.75) is 24.8 Å². The van der Waals surface area contributed by atoms with Crippen LogP contribution < -0.4 is 5.32 Å². The van der Waals surface area contributed by atoms with E-state index in [9.17, 15) is 4.39 Å². The zero-order valence-electron chi connectivity index (χ0n) is 9.91. The number of halogens is 2. The molecular formula is C12H17ClFNOS. The Bertz CT molecular complexity index is 360. The Morgan fingerprint density at radius 3 is 2.76 bits per heavy atom. The Hall–Kier alpha value is -0.290. The number of aliphatic hydroxyl groups is 1. The zero-order valence-corrected chi connectivity index (χ0v) is 11.5. The van der Waals surface area contributed by atoms with E-state index in [0.717, 1.165) is 5.56 Å². The largest absolute Gasteiger partial charge is 0.395 e. The molecule has 0 amide bonds. The molecule has 0 heterocycles. The number of aliphatic hydroxyl groups excluding tert-OH is 1. The number of rotatable bonds is 6. The lowest BCUT2D eigenvalue weighted by Crippen LogP contribution is -2.37. The van der Waals surface area contributed by atoms with Crippen molar-refractivity contribution in [2.75, 3.05) is 12.9 Å². The highest BCUT2D eigenvalue weighted by Crippen LogP contribution is 2.18. The second-order valence-electron chi connectivity index (χ2n) is 3.86. The van der Waals surface area contributed by atoms with Gasteiger partial charge in [0.05, 0.1) is 6.61 Å². The van der Waals surface area contributed by atoms with Gasteiger partial charge in [-0.3, -0.25) is 0 Å². The quantitative estimate of drug-likeness (QED) is 0.839. The van der Waals surface area contributed by atoms with Gasteiger partial charge in [0.25, 0.3) is 0 Å². The fraction of sp³-hybridized carbons (Fsp3) is 0.500. The van der Waals surface area contributed by atoms with Crippen LogP contribution in [0.3, 0.4) is 0 Å². The summed E-state index contributed by atoms with van der Waals surface area (Å²) in [5.74, 6) is -0.329.